The van der Waals surface area contributed by atoms with Gasteiger partial charge in [-0.15, -0.1) is 10.2 Å². The van der Waals surface area contributed by atoms with Crippen LogP contribution in [0.2, 0.25) is 0 Å². The van der Waals surface area contributed by atoms with Crippen molar-refractivity contribution in [2.75, 3.05) is 11.9 Å². The van der Waals surface area contributed by atoms with Crippen LogP contribution in [0.5, 0.6) is 0 Å². The lowest BCUT2D eigenvalue weighted by atomic mass is 9.95. The topological polar surface area (TPSA) is 54.8 Å². The van der Waals surface area contributed by atoms with Gasteiger partial charge in [0.2, 0.25) is 5.95 Å². The molecule has 0 spiro atoms. The maximum atomic E-state index is 4.39. The molecule has 1 aromatic heterocycles. The van der Waals surface area contributed by atoms with E-state index in [9.17, 15) is 0 Å². The molecule has 0 unspecified atom stereocenters. The fourth-order valence-electron chi connectivity index (χ4n) is 2.81. The van der Waals surface area contributed by atoms with Gasteiger partial charge in [0.25, 0.3) is 0 Å². The lowest BCUT2D eigenvalue weighted by Crippen LogP contribution is -2.30. The molecule has 1 atom stereocenters. The number of rotatable bonds is 4. The van der Waals surface area contributed by atoms with Crippen molar-refractivity contribution in [3.8, 4) is 0 Å². The third kappa shape index (κ3) is 2.29. The second-order valence-electron chi connectivity index (χ2n) is 5.06. The molecule has 1 aliphatic rings. The largest absolute Gasteiger partial charge is 0.355 e. The average molecular weight is 271 g/mol. The first kappa shape index (κ1) is 13.1. The van der Waals surface area contributed by atoms with E-state index < -0.39 is 0 Å². The van der Waals surface area contributed by atoms with E-state index in [1.165, 1.54) is 11.1 Å². The van der Waals surface area contributed by atoms with Crippen LogP contribution in [0.4, 0.5) is 5.95 Å². The Morgan fingerprint density at radius 2 is 2.05 bits per heavy atom. The number of nitrogens with zero attached hydrogens (tertiary/aromatic N) is 3. The molecule has 0 amide bonds. The van der Waals surface area contributed by atoms with Crippen LogP contribution in [-0.2, 0) is 19.5 Å². The molecule has 1 aromatic carbocycles. The quantitative estimate of drug-likeness (QED) is 0.894. The molecular formula is C15H21N5. The lowest BCUT2D eigenvalue weighted by Gasteiger charge is -2.25. The molecule has 0 saturated heterocycles. The number of benzene rings is 1. The zero-order valence-electron chi connectivity index (χ0n) is 12.1. The predicted molar refractivity (Wildman–Crippen MR) is 79.6 cm³/mol. The van der Waals surface area contributed by atoms with Gasteiger partial charge in [-0.3, -0.25) is 4.57 Å². The summed E-state index contributed by atoms with van der Waals surface area (Å²) in [6.07, 6.45) is 0.973. The summed E-state index contributed by atoms with van der Waals surface area (Å²) < 4.78 is 2.16. The predicted octanol–water partition coefficient (Wildman–Crippen LogP) is 2.12. The fourth-order valence-corrected chi connectivity index (χ4v) is 2.81. The Morgan fingerprint density at radius 3 is 2.80 bits per heavy atom. The number of aromatic nitrogens is 3. The van der Waals surface area contributed by atoms with Crippen molar-refractivity contribution in [2.24, 2.45) is 0 Å². The maximum Gasteiger partial charge on any atom is 0.224 e. The zero-order valence-corrected chi connectivity index (χ0v) is 12.1. The van der Waals surface area contributed by atoms with Crippen molar-refractivity contribution in [1.82, 2.24) is 20.1 Å². The van der Waals surface area contributed by atoms with Crippen LogP contribution < -0.4 is 10.6 Å². The minimum Gasteiger partial charge on any atom is -0.355 e. The van der Waals surface area contributed by atoms with Gasteiger partial charge in [-0.2, -0.15) is 0 Å². The summed E-state index contributed by atoms with van der Waals surface area (Å²) >= 11 is 0. The minimum absolute atomic E-state index is 0.241. The fraction of sp³-hybridized carbons (Fsp3) is 0.467. The first-order valence-electron chi connectivity index (χ1n) is 7.30. The summed E-state index contributed by atoms with van der Waals surface area (Å²) in [6, 6.07) is 8.84. The van der Waals surface area contributed by atoms with Gasteiger partial charge in [-0.1, -0.05) is 24.3 Å². The van der Waals surface area contributed by atoms with Crippen LogP contribution in [-0.4, -0.2) is 21.3 Å². The second-order valence-corrected chi connectivity index (χ2v) is 5.06. The highest BCUT2D eigenvalue weighted by Crippen LogP contribution is 2.26. The van der Waals surface area contributed by atoms with Crippen LogP contribution in [0.1, 0.15) is 36.8 Å². The summed E-state index contributed by atoms with van der Waals surface area (Å²) in [5.41, 5.74) is 2.80. The van der Waals surface area contributed by atoms with Crippen LogP contribution in [0.15, 0.2) is 24.3 Å². The molecule has 3 rings (SSSR count). The molecule has 20 heavy (non-hydrogen) atoms. The highest BCUT2D eigenvalue weighted by atomic mass is 15.4. The van der Waals surface area contributed by atoms with E-state index in [0.29, 0.717) is 0 Å². The maximum absolute atomic E-state index is 4.39. The van der Waals surface area contributed by atoms with Crippen molar-refractivity contribution in [3.05, 3.63) is 41.2 Å². The highest BCUT2D eigenvalue weighted by molar-refractivity contribution is 5.32. The molecule has 5 heteroatoms. The van der Waals surface area contributed by atoms with Gasteiger partial charge in [-0.25, -0.2) is 0 Å². The Balaban J connectivity index is 1.88. The molecule has 0 aliphatic carbocycles. The van der Waals surface area contributed by atoms with E-state index in [1.54, 1.807) is 0 Å². The first-order valence-corrected chi connectivity index (χ1v) is 7.30. The average Bonchev–Trinajstić information content (AvgIpc) is 2.90. The Labute approximate surface area is 119 Å². The van der Waals surface area contributed by atoms with Gasteiger partial charge < -0.3 is 10.6 Å². The van der Waals surface area contributed by atoms with Crippen LogP contribution >= 0.6 is 0 Å². The zero-order chi connectivity index (χ0) is 13.9. The summed E-state index contributed by atoms with van der Waals surface area (Å²) in [5.74, 6) is 1.89. The highest BCUT2D eigenvalue weighted by Gasteiger charge is 2.24. The molecule has 0 saturated carbocycles. The van der Waals surface area contributed by atoms with Crippen molar-refractivity contribution < 1.29 is 0 Å². The first-order chi connectivity index (χ1) is 9.83. The van der Waals surface area contributed by atoms with Gasteiger partial charge in [0.05, 0.1) is 6.04 Å². The SMILES string of the molecule is CCNc1nnc([C@@H]2Cc3ccccc3CN2)n1CC. The lowest BCUT2D eigenvalue weighted by molar-refractivity contribution is 0.457. The molecule has 106 valence electrons. The molecule has 2 aromatic rings. The molecule has 1 aliphatic heterocycles. The third-order valence-electron chi connectivity index (χ3n) is 3.82. The van der Waals surface area contributed by atoms with Crippen LogP contribution in [0.25, 0.3) is 0 Å². The van der Waals surface area contributed by atoms with Gasteiger partial charge >= 0.3 is 0 Å². The summed E-state index contributed by atoms with van der Waals surface area (Å²) in [4.78, 5) is 0. The smallest absolute Gasteiger partial charge is 0.224 e. The summed E-state index contributed by atoms with van der Waals surface area (Å²) in [6.45, 7) is 6.84. The van der Waals surface area contributed by atoms with Crippen molar-refractivity contribution >= 4 is 5.95 Å². The molecule has 0 fully saturated rings. The number of nitrogens with one attached hydrogen (secondary N) is 2. The van der Waals surface area contributed by atoms with E-state index >= 15 is 0 Å². The van der Waals surface area contributed by atoms with Gasteiger partial charge in [0, 0.05) is 19.6 Å². The van der Waals surface area contributed by atoms with Crippen LogP contribution in [0, 0.1) is 0 Å². The molecule has 5 nitrogen and oxygen atoms in total. The van der Waals surface area contributed by atoms with Crippen molar-refractivity contribution in [2.45, 2.75) is 39.4 Å². The standard InChI is InChI=1S/C15H21N5/c1-3-16-15-19-18-14(20(15)4-2)13-9-11-7-5-6-8-12(11)10-17-13/h5-8,13,17H,3-4,9-10H2,1-2H3,(H,16,19)/t13-/m0/s1. The molecular weight excluding hydrogens is 250 g/mol. The van der Waals surface area contributed by atoms with E-state index in [-0.39, 0.29) is 6.04 Å². The monoisotopic (exact) mass is 271 g/mol. The summed E-state index contributed by atoms with van der Waals surface area (Å²) in [7, 11) is 0. The van der Waals surface area contributed by atoms with Gasteiger partial charge in [0.15, 0.2) is 5.82 Å². The van der Waals surface area contributed by atoms with Gasteiger partial charge in [0.1, 0.15) is 0 Å². The van der Waals surface area contributed by atoms with Gasteiger partial charge in [-0.05, 0) is 31.4 Å². The van der Waals surface area contributed by atoms with Crippen molar-refractivity contribution in [3.63, 3.8) is 0 Å². The summed E-state index contributed by atoms with van der Waals surface area (Å²) in [5, 5.41) is 15.5. The minimum atomic E-state index is 0.241. The molecule has 2 heterocycles. The van der Waals surface area contributed by atoms with E-state index in [2.05, 4.69) is 63.5 Å². The third-order valence-corrected chi connectivity index (χ3v) is 3.82. The second kappa shape index (κ2) is 5.63. The van der Waals surface area contributed by atoms with E-state index in [0.717, 1.165) is 37.8 Å². The Kier molecular flexibility index (Phi) is 3.69. The Bertz CT molecular complexity index is 590. The normalized spacial score (nSPS) is 17.8. The Morgan fingerprint density at radius 1 is 1.25 bits per heavy atom. The number of hydrogen-bond acceptors (Lipinski definition) is 4. The molecule has 0 radical (unpaired) electrons. The molecule has 2 N–H and O–H groups in total. The Hall–Kier alpha value is -1.88. The van der Waals surface area contributed by atoms with E-state index in [4.69, 9.17) is 0 Å². The van der Waals surface area contributed by atoms with Crippen LogP contribution in [0.3, 0.4) is 0 Å². The van der Waals surface area contributed by atoms with Crippen molar-refractivity contribution in [1.29, 1.82) is 0 Å². The van der Waals surface area contributed by atoms with E-state index in [1.807, 2.05) is 0 Å². The number of anilines is 1. The number of hydrogen-bond donors (Lipinski definition) is 2. The number of fused-ring (bicyclic) bond motifs is 1. The molecule has 0 bridgehead atoms.